The number of hydrogen-bond acceptors (Lipinski definition) is 4. The number of benzene rings is 1. The minimum absolute atomic E-state index is 0. The van der Waals surface area contributed by atoms with Crippen molar-refractivity contribution in [1.29, 1.82) is 0 Å². The van der Waals surface area contributed by atoms with Crippen LogP contribution < -0.4 is 15.4 Å². The lowest BCUT2D eigenvalue weighted by molar-refractivity contribution is -0.130. The minimum atomic E-state index is 0. The van der Waals surface area contributed by atoms with Gasteiger partial charge in [-0.2, -0.15) is 0 Å². The van der Waals surface area contributed by atoms with Crippen LogP contribution in [0.25, 0.3) is 0 Å². The van der Waals surface area contributed by atoms with E-state index in [4.69, 9.17) is 9.73 Å². The first-order valence-corrected chi connectivity index (χ1v) is 10.8. The minimum Gasteiger partial charge on any atom is -0.493 e. The van der Waals surface area contributed by atoms with Gasteiger partial charge in [0.15, 0.2) is 5.96 Å². The maximum absolute atomic E-state index is 11.4. The molecule has 2 rings (SSSR count). The SMILES string of the molecule is CCCOc1cc(C)ccc1CN=C(NCC)NCCN1CCN(C(C)=O)CC1.I. The van der Waals surface area contributed by atoms with Crippen LogP contribution in [0.3, 0.4) is 0 Å². The van der Waals surface area contributed by atoms with Crippen molar-refractivity contribution in [3.63, 3.8) is 0 Å². The molecule has 170 valence electrons. The average molecular weight is 531 g/mol. The summed E-state index contributed by atoms with van der Waals surface area (Å²) in [5.41, 5.74) is 2.29. The molecule has 2 N–H and O–H groups in total. The van der Waals surface area contributed by atoms with Crippen molar-refractivity contribution in [2.24, 2.45) is 4.99 Å². The van der Waals surface area contributed by atoms with Crippen LogP contribution in [0.2, 0.25) is 0 Å². The van der Waals surface area contributed by atoms with Crippen LogP contribution in [-0.4, -0.2) is 74.1 Å². The molecule has 1 amide bonds. The molecule has 0 bridgehead atoms. The summed E-state index contributed by atoms with van der Waals surface area (Å²) in [5, 5.41) is 6.74. The highest BCUT2D eigenvalue weighted by atomic mass is 127. The zero-order valence-electron chi connectivity index (χ0n) is 18.9. The average Bonchev–Trinajstić information content (AvgIpc) is 2.71. The van der Waals surface area contributed by atoms with Crippen molar-refractivity contribution < 1.29 is 9.53 Å². The van der Waals surface area contributed by atoms with E-state index in [-0.39, 0.29) is 29.9 Å². The number of aliphatic imine (C=N–C) groups is 1. The highest BCUT2D eigenvalue weighted by Gasteiger charge is 2.17. The third-order valence-corrected chi connectivity index (χ3v) is 4.97. The van der Waals surface area contributed by atoms with Gasteiger partial charge in [0, 0.05) is 58.3 Å². The number of piperazine rings is 1. The normalized spacial score (nSPS) is 14.8. The van der Waals surface area contributed by atoms with E-state index in [9.17, 15) is 4.79 Å². The standard InChI is InChI=1S/C22H37N5O2.HI/c1-5-15-29-21-16-18(3)7-8-20(21)17-25-22(23-6-2)24-9-10-26-11-13-27(14-12-26)19(4)28;/h7-8,16H,5-6,9-15,17H2,1-4H3,(H2,23,24,25);1H. The van der Waals surface area contributed by atoms with Gasteiger partial charge in [0.2, 0.25) is 5.91 Å². The molecule has 0 unspecified atom stereocenters. The molecule has 30 heavy (non-hydrogen) atoms. The van der Waals surface area contributed by atoms with Crippen molar-refractivity contribution >= 4 is 35.8 Å². The number of amides is 1. The Hall–Kier alpha value is -1.55. The van der Waals surface area contributed by atoms with E-state index in [0.29, 0.717) is 6.54 Å². The van der Waals surface area contributed by atoms with Crippen molar-refractivity contribution in [3.05, 3.63) is 29.3 Å². The number of guanidine groups is 1. The van der Waals surface area contributed by atoms with Gasteiger partial charge in [0.25, 0.3) is 0 Å². The lowest BCUT2D eigenvalue weighted by atomic mass is 10.1. The highest BCUT2D eigenvalue weighted by molar-refractivity contribution is 14.0. The van der Waals surface area contributed by atoms with E-state index in [1.54, 1.807) is 6.92 Å². The van der Waals surface area contributed by atoms with Gasteiger partial charge in [-0.05, 0) is 31.9 Å². The van der Waals surface area contributed by atoms with Crippen LogP contribution in [0.4, 0.5) is 0 Å². The summed E-state index contributed by atoms with van der Waals surface area (Å²) in [6.45, 7) is 15.3. The summed E-state index contributed by atoms with van der Waals surface area (Å²) < 4.78 is 5.90. The second-order valence-electron chi connectivity index (χ2n) is 7.43. The van der Waals surface area contributed by atoms with Crippen molar-refractivity contribution in [2.75, 3.05) is 52.4 Å². The molecule has 1 aliphatic heterocycles. The fraction of sp³-hybridized carbons (Fsp3) is 0.636. The van der Waals surface area contributed by atoms with Gasteiger partial charge in [-0.1, -0.05) is 19.1 Å². The zero-order chi connectivity index (χ0) is 21.1. The van der Waals surface area contributed by atoms with E-state index >= 15 is 0 Å². The van der Waals surface area contributed by atoms with Gasteiger partial charge >= 0.3 is 0 Å². The Morgan fingerprint density at radius 2 is 1.90 bits per heavy atom. The van der Waals surface area contributed by atoms with Crippen molar-refractivity contribution in [2.45, 2.75) is 40.7 Å². The van der Waals surface area contributed by atoms with Gasteiger partial charge in [-0.15, -0.1) is 24.0 Å². The summed E-state index contributed by atoms with van der Waals surface area (Å²) in [7, 11) is 0. The fourth-order valence-electron chi connectivity index (χ4n) is 3.26. The van der Waals surface area contributed by atoms with Gasteiger partial charge in [-0.3, -0.25) is 9.69 Å². The largest absolute Gasteiger partial charge is 0.493 e. The molecular formula is C22H38IN5O2. The van der Waals surface area contributed by atoms with Crippen LogP contribution in [0.15, 0.2) is 23.2 Å². The molecule has 7 nitrogen and oxygen atoms in total. The third-order valence-electron chi connectivity index (χ3n) is 4.97. The topological polar surface area (TPSA) is 69.2 Å². The van der Waals surface area contributed by atoms with Gasteiger partial charge < -0.3 is 20.3 Å². The Labute approximate surface area is 198 Å². The molecule has 0 saturated carbocycles. The predicted octanol–water partition coefficient (Wildman–Crippen LogP) is 2.62. The lowest BCUT2D eigenvalue weighted by Gasteiger charge is -2.34. The van der Waals surface area contributed by atoms with Crippen LogP contribution in [0.1, 0.15) is 38.3 Å². The Bertz CT molecular complexity index is 675. The summed E-state index contributed by atoms with van der Waals surface area (Å²) in [6, 6.07) is 6.29. The quantitative estimate of drug-likeness (QED) is 0.292. The molecule has 1 saturated heterocycles. The van der Waals surface area contributed by atoms with E-state index < -0.39 is 0 Å². The van der Waals surface area contributed by atoms with Crippen LogP contribution in [0.5, 0.6) is 5.75 Å². The molecule has 0 aliphatic carbocycles. The van der Waals surface area contributed by atoms with Crippen molar-refractivity contribution in [3.8, 4) is 5.75 Å². The van der Waals surface area contributed by atoms with Crippen LogP contribution in [-0.2, 0) is 11.3 Å². The number of ether oxygens (including phenoxy) is 1. The van der Waals surface area contributed by atoms with E-state index in [2.05, 4.69) is 54.5 Å². The summed E-state index contributed by atoms with van der Waals surface area (Å²) >= 11 is 0. The number of carbonyl (C=O) groups is 1. The van der Waals surface area contributed by atoms with Crippen molar-refractivity contribution in [1.82, 2.24) is 20.4 Å². The predicted molar refractivity (Wildman–Crippen MR) is 134 cm³/mol. The Balaban J connectivity index is 0.00000450. The molecule has 0 spiro atoms. The maximum atomic E-state index is 11.4. The number of halogens is 1. The summed E-state index contributed by atoms with van der Waals surface area (Å²) in [4.78, 5) is 20.5. The third kappa shape index (κ3) is 9.07. The lowest BCUT2D eigenvalue weighted by Crippen LogP contribution is -2.50. The van der Waals surface area contributed by atoms with Gasteiger partial charge in [-0.25, -0.2) is 4.99 Å². The van der Waals surface area contributed by atoms with Gasteiger partial charge in [0.05, 0.1) is 13.2 Å². The Morgan fingerprint density at radius 3 is 2.53 bits per heavy atom. The first-order chi connectivity index (χ1) is 14.0. The second kappa shape index (κ2) is 14.5. The first kappa shape index (κ1) is 26.5. The highest BCUT2D eigenvalue weighted by Crippen LogP contribution is 2.21. The molecule has 1 aliphatic rings. The number of nitrogens with one attached hydrogen (secondary N) is 2. The number of rotatable bonds is 9. The second-order valence-corrected chi connectivity index (χ2v) is 7.43. The Morgan fingerprint density at radius 1 is 1.17 bits per heavy atom. The summed E-state index contributed by atoms with van der Waals surface area (Å²) in [6.07, 6.45) is 0.988. The summed E-state index contributed by atoms with van der Waals surface area (Å²) in [5.74, 6) is 1.91. The van der Waals surface area contributed by atoms with Crippen LogP contribution >= 0.6 is 24.0 Å². The number of aryl methyl sites for hydroxylation is 1. The Kier molecular flexibility index (Phi) is 12.8. The van der Waals surface area contributed by atoms with Crippen LogP contribution in [0, 0.1) is 6.92 Å². The van der Waals surface area contributed by atoms with E-state index in [1.807, 2.05) is 4.90 Å². The fourth-order valence-corrected chi connectivity index (χ4v) is 3.26. The van der Waals surface area contributed by atoms with E-state index in [1.165, 1.54) is 5.56 Å². The molecule has 1 aromatic carbocycles. The maximum Gasteiger partial charge on any atom is 0.219 e. The molecule has 0 radical (unpaired) electrons. The van der Waals surface area contributed by atoms with Gasteiger partial charge in [0.1, 0.15) is 5.75 Å². The molecular weight excluding hydrogens is 493 g/mol. The van der Waals surface area contributed by atoms with E-state index in [0.717, 1.165) is 76.1 Å². The molecule has 1 heterocycles. The smallest absolute Gasteiger partial charge is 0.219 e. The number of hydrogen-bond donors (Lipinski definition) is 2. The number of nitrogens with zero attached hydrogens (tertiary/aromatic N) is 3. The molecule has 0 atom stereocenters. The molecule has 0 aromatic heterocycles. The number of carbonyl (C=O) groups excluding carboxylic acids is 1. The molecule has 1 aromatic rings. The zero-order valence-corrected chi connectivity index (χ0v) is 21.2. The molecule has 8 heteroatoms. The monoisotopic (exact) mass is 531 g/mol. The molecule has 1 fully saturated rings. The first-order valence-electron chi connectivity index (χ1n) is 10.8.